The molecule has 11 nitrogen and oxygen atoms in total. The second-order valence-corrected chi connectivity index (χ2v) is 13.2. The van der Waals surface area contributed by atoms with Gasteiger partial charge in [0.25, 0.3) is 0 Å². The van der Waals surface area contributed by atoms with E-state index in [-0.39, 0.29) is 0 Å². The summed E-state index contributed by atoms with van der Waals surface area (Å²) in [7, 11) is 1.63. The molecule has 0 aliphatic heterocycles. The number of rotatable bonds is 6. The summed E-state index contributed by atoms with van der Waals surface area (Å²) in [5.41, 5.74) is 23.7. The number of ether oxygens (including phenoxy) is 1. The van der Waals surface area contributed by atoms with Crippen molar-refractivity contribution >= 4 is 93.7 Å². The molecule has 0 aliphatic rings. The summed E-state index contributed by atoms with van der Waals surface area (Å²) in [6, 6.07) is 26.0. The molecule has 9 aromatic rings. The van der Waals surface area contributed by atoms with E-state index in [0.29, 0.717) is 29.6 Å². The molecule has 7 N–H and O–H groups in total. The summed E-state index contributed by atoms with van der Waals surface area (Å²) in [5.74, 6) is 3.21. The highest BCUT2D eigenvalue weighted by Crippen LogP contribution is 2.33. The molecule has 258 valence electrons. The second kappa shape index (κ2) is 14.6. The van der Waals surface area contributed by atoms with Crippen LogP contribution in [0.2, 0.25) is 0 Å². The molecular formula is C39H39N9O2S. The SMILES string of the molecule is CCCc1cc2c(o1)c(N)nc1ccccc12.CCCc1nc2c(N)nc3ccccc3c2s1.COCc1nc2c([nH]1)c(N)nc1ccccc12. The summed E-state index contributed by atoms with van der Waals surface area (Å²) in [6.45, 7) is 4.72. The number of aryl methyl sites for hydroxylation is 2. The fraction of sp³-hybridized carbons (Fsp3) is 0.205. The number of methoxy groups -OCH3 is 1. The number of aromatic amines is 1. The Balaban J connectivity index is 0.000000119. The number of thiazole rings is 1. The van der Waals surface area contributed by atoms with Crippen LogP contribution in [0.4, 0.5) is 17.5 Å². The number of hydrogen-bond donors (Lipinski definition) is 4. The lowest BCUT2D eigenvalue weighted by Gasteiger charge is -1.99. The minimum absolute atomic E-state index is 0.433. The van der Waals surface area contributed by atoms with Crippen LogP contribution in [-0.4, -0.2) is 37.0 Å². The lowest BCUT2D eigenvalue weighted by atomic mass is 10.1. The number of anilines is 3. The number of furan rings is 1. The summed E-state index contributed by atoms with van der Waals surface area (Å²) in [4.78, 5) is 25.3. The number of nitrogens with zero attached hydrogens (tertiary/aromatic N) is 5. The second-order valence-electron chi connectivity index (χ2n) is 12.1. The van der Waals surface area contributed by atoms with Gasteiger partial charge in [-0.3, -0.25) is 0 Å². The lowest BCUT2D eigenvalue weighted by molar-refractivity contribution is 0.179. The van der Waals surface area contributed by atoms with Gasteiger partial charge >= 0.3 is 0 Å². The van der Waals surface area contributed by atoms with Crippen LogP contribution >= 0.6 is 11.3 Å². The number of hydrogen-bond acceptors (Lipinski definition) is 11. The van der Waals surface area contributed by atoms with E-state index in [2.05, 4.69) is 62.0 Å². The molecule has 9 rings (SSSR count). The quantitative estimate of drug-likeness (QED) is 0.131. The van der Waals surface area contributed by atoms with Crippen molar-refractivity contribution in [2.24, 2.45) is 0 Å². The number of nitrogen functional groups attached to an aromatic ring is 3. The maximum absolute atomic E-state index is 5.96. The van der Waals surface area contributed by atoms with Gasteiger partial charge in [0.05, 0.1) is 26.3 Å². The Kier molecular flexibility index (Phi) is 9.60. The minimum Gasteiger partial charge on any atom is -0.457 e. The molecule has 0 saturated carbocycles. The number of fused-ring (bicyclic) bond motifs is 9. The Hall–Kier alpha value is -5.85. The number of aromatic nitrogens is 6. The number of nitrogens with two attached hydrogens (primary N) is 3. The van der Waals surface area contributed by atoms with E-state index in [1.807, 2.05) is 60.7 Å². The molecule has 0 fully saturated rings. The topological polar surface area (TPSA) is 181 Å². The standard InChI is InChI=1S/C14H14N2O.C13H13N3S.C12H12N4O/c1-2-5-9-8-11-10-6-3-4-7-12(10)16-14(15)13(11)17-9;1-2-5-10-16-11-12(17-10)8-6-3-4-7-9(8)15-13(11)14;1-17-6-9-15-10-7-4-2-3-5-8(7)14-12(13)11(10)16-9/h3-4,6-8H,2,5H2,1H3,(H2,15,16);3-4,6-7H,2,5H2,1H3,(H2,14,15);2-5H,6H2,1H3,(H2,13,14)(H,15,16). The Morgan fingerprint density at radius 1 is 0.667 bits per heavy atom. The van der Waals surface area contributed by atoms with Gasteiger partial charge in [-0.15, -0.1) is 11.3 Å². The molecule has 0 amide bonds. The van der Waals surface area contributed by atoms with Crippen LogP contribution in [0.25, 0.3) is 64.9 Å². The first-order valence-electron chi connectivity index (χ1n) is 16.9. The van der Waals surface area contributed by atoms with Crippen LogP contribution in [0.1, 0.15) is 43.3 Å². The predicted molar refractivity (Wildman–Crippen MR) is 210 cm³/mol. The highest BCUT2D eigenvalue weighted by atomic mass is 32.1. The molecule has 0 radical (unpaired) electrons. The number of nitrogens with one attached hydrogen (secondary N) is 1. The van der Waals surface area contributed by atoms with Crippen LogP contribution in [0.3, 0.4) is 0 Å². The van der Waals surface area contributed by atoms with E-state index in [4.69, 9.17) is 26.4 Å². The Bertz CT molecular complexity index is 2350. The molecule has 0 spiro atoms. The maximum atomic E-state index is 5.96. The predicted octanol–water partition coefficient (Wildman–Crippen LogP) is 8.73. The fourth-order valence-corrected chi connectivity index (χ4v) is 7.34. The van der Waals surface area contributed by atoms with Gasteiger partial charge in [0.15, 0.2) is 17.2 Å². The third-order valence-electron chi connectivity index (χ3n) is 8.40. The molecule has 6 aromatic heterocycles. The summed E-state index contributed by atoms with van der Waals surface area (Å²) in [5, 5.41) is 5.46. The zero-order valence-electron chi connectivity index (χ0n) is 28.7. The zero-order chi connectivity index (χ0) is 35.5. The molecule has 3 aromatic carbocycles. The molecule has 12 heteroatoms. The van der Waals surface area contributed by atoms with Crippen LogP contribution in [0.15, 0.2) is 83.3 Å². The third-order valence-corrected chi connectivity index (χ3v) is 9.55. The van der Waals surface area contributed by atoms with E-state index < -0.39 is 0 Å². The van der Waals surface area contributed by atoms with Gasteiger partial charge < -0.3 is 31.3 Å². The molecule has 6 heterocycles. The first-order valence-corrected chi connectivity index (χ1v) is 17.7. The van der Waals surface area contributed by atoms with Crippen molar-refractivity contribution in [1.29, 1.82) is 0 Å². The third kappa shape index (κ3) is 6.71. The molecular weight excluding hydrogens is 659 g/mol. The van der Waals surface area contributed by atoms with Gasteiger partial charge in [-0.05, 0) is 43.5 Å². The zero-order valence-corrected chi connectivity index (χ0v) is 29.6. The first kappa shape index (κ1) is 33.6. The van der Waals surface area contributed by atoms with E-state index in [9.17, 15) is 0 Å². The number of para-hydroxylation sites is 3. The number of benzene rings is 3. The van der Waals surface area contributed by atoms with E-state index in [0.717, 1.165) is 102 Å². The average molecular weight is 698 g/mol. The normalized spacial score (nSPS) is 11.4. The summed E-state index contributed by atoms with van der Waals surface area (Å²) < 4.78 is 12.0. The van der Waals surface area contributed by atoms with Crippen molar-refractivity contribution in [2.45, 2.75) is 46.1 Å². The summed E-state index contributed by atoms with van der Waals surface area (Å²) >= 11 is 1.73. The van der Waals surface area contributed by atoms with Crippen LogP contribution in [0, 0.1) is 0 Å². The average Bonchev–Trinajstić information content (AvgIpc) is 3.88. The maximum Gasteiger partial charge on any atom is 0.176 e. The van der Waals surface area contributed by atoms with Crippen molar-refractivity contribution in [1.82, 2.24) is 29.9 Å². The van der Waals surface area contributed by atoms with Crippen molar-refractivity contribution in [3.63, 3.8) is 0 Å². The highest BCUT2D eigenvalue weighted by Gasteiger charge is 2.13. The Morgan fingerprint density at radius 2 is 1.27 bits per heavy atom. The van der Waals surface area contributed by atoms with Gasteiger partial charge in [-0.25, -0.2) is 24.9 Å². The van der Waals surface area contributed by atoms with E-state index >= 15 is 0 Å². The van der Waals surface area contributed by atoms with Crippen molar-refractivity contribution in [3.8, 4) is 0 Å². The smallest absolute Gasteiger partial charge is 0.176 e. The number of H-pyrrole nitrogens is 1. The highest BCUT2D eigenvalue weighted by molar-refractivity contribution is 7.19. The van der Waals surface area contributed by atoms with Crippen LogP contribution in [-0.2, 0) is 24.2 Å². The minimum atomic E-state index is 0.433. The van der Waals surface area contributed by atoms with Gasteiger partial charge in [0, 0.05) is 35.1 Å². The van der Waals surface area contributed by atoms with Gasteiger partial charge in [0.1, 0.15) is 40.6 Å². The molecule has 0 saturated heterocycles. The Labute approximate surface area is 297 Å². The molecule has 0 atom stereocenters. The Morgan fingerprint density at radius 3 is 1.98 bits per heavy atom. The monoisotopic (exact) mass is 697 g/mol. The van der Waals surface area contributed by atoms with Gasteiger partial charge in [-0.2, -0.15) is 0 Å². The summed E-state index contributed by atoms with van der Waals surface area (Å²) in [6.07, 6.45) is 4.10. The van der Waals surface area contributed by atoms with Crippen molar-refractivity contribution in [3.05, 3.63) is 95.5 Å². The number of pyridine rings is 3. The van der Waals surface area contributed by atoms with Gasteiger partial charge in [0.2, 0.25) is 0 Å². The molecule has 0 bridgehead atoms. The fourth-order valence-electron chi connectivity index (χ4n) is 6.13. The first-order chi connectivity index (χ1) is 24.9. The molecule has 51 heavy (non-hydrogen) atoms. The number of imidazole rings is 1. The lowest BCUT2D eigenvalue weighted by Crippen LogP contribution is -1.92. The molecule has 0 unspecified atom stereocenters. The van der Waals surface area contributed by atoms with E-state index in [1.54, 1.807) is 18.4 Å². The molecule has 0 aliphatic carbocycles. The van der Waals surface area contributed by atoms with Crippen LogP contribution in [0.5, 0.6) is 0 Å². The van der Waals surface area contributed by atoms with Crippen LogP contribution < -0.4 is 17.2 Å². The van der Waals surface area contributed by atoms with E-state index in [1.165, 1.54) is 0 Å². The van der Waals surface area contributed by atoms with Crippen molar-refractivity contribution in [2.75, 3.05) is 24.3 Å². The van der Waals surface area contributed by atoms with Gasteiger partial charge in [-0.1, -0.05) is 68.4 Å². The van der Waals surface area contributed by atoms with Crippen molar-refractivity contribution < 1.29 is 9.15 Å². The largest absolute Gasteiger partial charge is 0.457 e.